The Hall–Kier alpha value is -3.88. The Kier molecular flexibility index (Phi) is 7.62. The van der Waals surface area contributed by atoms with Gasteiger partial charge in [0.15, 0.2) is 0 Å². The van der Waals surface area contributed by atoms with Crippen LogP contribution in [0.4, 0.5) is 11.6 Å². The predicted molar refractivity (Wildman–Crippen MR) is 142 cm³/mol. The standard InChI is InChI=1S/C27H33N7O4/c1-17(2)38-25-23-19(15-28)16-29-24(23)31-27(32-25)30-21-5-4-18(14-22(21)36-3)26(35)34-8-6-20(7-9-34)33-10-12-37-13-11-33/h4-5,14,16-17,20H,6-13H2,1-3H3,(H2,29,30,31,32). The fraction of sp³-hybridized carbons (Fsp3) is 0.481. The van der Waals surface area contributed by atoms with E-state index in [-0.39, 0.29) is 18.0 Å². The summed E-state index contributed by atoms with van der Waals surface area (Å²) in [6, 6.07) is 7.96. The molecule has 2 N–H and O–H groups in total. The van der Waals surface area contributed by atoms with Gasteiger partial charge in [-0.1, -0.05) is 0 Å². The number of nitrogens with one attached hydrogen (secondary N) is 2. The van der Waals surface area contributed by atoms with E-state index in [1.807, 2.05) is 18.7 Å². The predicted octanol–water partition coefficient (Wildman–Crippen LogP) is 3.31. The lowest BCUT2D eigenvalue weighted by atomic mass is 10.0. The third-order valence-corrected chi connectivity index (χ3v) is 6.97. The van der Waals surface area contributed by atoms with Gasteiger partial charge in [0.1, 0.15) is 17.5 Å². The Morgan fingerprint density at radius 1 is 1.21 bits per heavy atom. The van der Waals surface area contributed by atoms with Crippen LogP contribution in [0.25, 0.3) is 11.0 Å². The highest BCUT2D eigenvalue weighted by Crippen LogP contribution is 2.32. The van der Waals surface area contributed by atoms with E-state index >= 15 is 0 Å². The zero-order valence-corrected chi connectivity index (χ0v) is 22.0. The zero-order chi connectivity index (χ0) is 26.6. The molecule has 3 aromatic rings. The Bertz CT molecular complexity index is 1340. The van der Waals surface area contributed by atoms with Crippen LogP contribution in [0.3, 0.4) is 0 Å². The molecule has 0 radical (unpaired) electrons. The Labute approximate surface area is 221 Å². The Morgan fingerprint density at radius 2 is 1.97 bits per heavy atom. The van der Waals surface area contributed by atoms with Crippen molar-refractivity contribution < 1.29 is 19.0 Å². The normalized spacial score (nSPS) is 17.0. The highest BCUT2D eigenvalue weighted by atomic mass is 16.5. The van der Waals surface area contributed by atoms with E-state index in [4.69, 9.17) is 14.2 Å². The molecule has 1 amide bonds. The van der Waals surface area contributed by atoms with Crippen molar-refractivity contribution in [2.24, 2.45) is 0 Å². The number of benzene rings is 1. The molecule has 2 saturated heterocycles. The average Bonchev–Trinajstić information content (AvgIpc) is 3.36. The van der Waals surface area contributed by atoms with Crippen molar-refractivity contribution in [3.05, 3.63) is 35.5 Å². The quantitative estimate of drug-likeness (QED) is 0.483. The number of methoxy groups -OCH3 is 1. The van der Waals surface area contributed by atoms with E-state index in [0.29, 0.717) is 45.5 Å². The number of amides is 1. The fourth-order valence-corrected chi connectivity index (χ4v) is 5.06. The van der Waals surface area contributed by atoms with E-state index in [9.17, 15) is 10.1 Å². The lowest BCUT2D eigenvalue weighted by molar-refractivity contribution is 0.00159. The smallest absolute Gasteiger partial charge is 0.253 e. The largest absolute Gasteiger partial charge is 0.495 e. The first-order valence-corrected chi connectivity index (χ1v) is 13.0. The maximum atomic E-state index is 13.3. The molecular weight excluding hydrogens is 486 g/mol. The van der Waals surface area contributed by atoms with Crippen LogP contribution >= 0.6 is 0 Å². The Balaban J connectivity index is 1.31. The van der Waals surface area contributed by atoms with Crippen molar-refractivity contribution >= 4 is 28.6 Å². The SMILES string of the molecule is COc1cc(C(=O)N2CCC(N3CCOCC3)CC2)ccc1Nc1nc(OC(C)C)c2c(C#N)c[nH]c2n1. The lowest BCUT2D eigenvalue weighted by Gasteiger charge is -2.40. The average molecular weight is 520 g/mol. The lowest BCUT2D eigenvalue weighted by Crippen LogP contribution is -2.50. The van der Waals surface area contributed by atoms with Gasteiger partial charge in [-0.15, -0.1) is 0 Å². The number of nitrogens with zero attached hydrogens (tertiary/aromatic N) is 5. The number of morpholine rings is 1. The number of fused-ring (bicyclic) bond motifs is 1. The molecule has 2 aliphatic heterocycles. The number of ether oxygens (including phenoxy) is 3. The van der Waals surface area contributed by atoms with E-state index in [1.165, 1.54) is 0 Å². The number of H-pyrrole nitrogens is 1. The van der Waals surface area contributed by atoms with E-state index in [1.54, 1.807) is 31.5 Å². The molecule has 2 aliphatic rings. The van der Waals surface area contributed by atoms with Gasteiger partial charge in [0, 0.05) is 44.0 Å². The van der Waals surface area contributed by atoms with Gasteiger partial charge in [-0.25, -0.2) is 0 Å². The molecule has 4 heterocycles. The number of piperidine rings is 1. The summed E-state index contributed by atoms with van der Waals surface area (Å²) in [5, 5.41) is 13.2. The van der Waals surface area contributed by atoms with E-state index in [0.717, 1.165) is 52.2 Å². The van der Waals surface area contributed by atoms with Crippen molar-refractivity contribution in [3.63, 3.8) is 0 Å². The molecule has 0 spiro atoms. The number of nitriles is 1. The summed E-state index contributed by atoms with van der Waals surface area (Å²) < 4.78 is 17.0. The Morgan fingerprint density at radius 3 is 2.66 bits per heavy atom. The molecule has 11 nitrogen and oxygen atoms in total. The highest BCUT2D eigenvalue weighted by molar-refractivity contribution is 5.95. The zero-order valence-electron chi connectivity index (χ0n) is 22.0. The molecular formula is C27H33N7O4. The molecule has 1 aromatic carbocycles. The van der Waals surface area contributed by atoms with Crippen LogP contribution in [-0.4, -0.2) is 89.3 Å². The van der Waals surface area contributed by atoms with E-state index < -0.39 is 0 Å². The van der Waals surface area contributed by atoms with Crippen LogP contribution in [0.2, 0.25) is 0 Å². The molecule has 0 atom stereocenters. The van der Waals surface area contributed by atoms with Gasteiger partial charge >= 0.3 is 0 Å². The molecule has 2 fully saturated rings. The van der Waals surface area contributed by atoms with Crippen molar-refractivity contribution in [3.8, 4) is 17.7 Å². The molecule has 11 heteroatoms. The second-order valence-electron chi connectivity index (χ2n) is 9.77. The van der Waals surface area contributed by atoms with Gasteiger partial charge in [0.25, 0.3) is 5.91 Å². The molecule has 0 aliphatic carbocycles. The summed E-state index contributed by atoms with van der Waals surface area (Å²) >= 11 is 0. The number of carbonyl (C=O) groups excluding carboxylic acids is 1. The van der Waals surface area contributed by atoms with Gasteiger partial charge in [-0.05, 0) is 44.9 Å². The first-order valence-electron chi connectivity index (χ1n) is 13.0. The van der Waals surface area contributed by atoms with Gasteiger partial charge in [0.2, 0.25) is 11.8 Å². The summed E-state index contributed by atoms with van der Waals surface area (Å²) in [4.78, 5) is 29.7. The molecule has 38 heavy (non-hydrogen) atoms. The summed E-state index contributed by atoms with van der Waals surface area (Å²) in [6.45, 7) is 8.76. The summed E-state index contributed by atoms with van der Waals surface area (Å²) in [7, 11) is 1.56. The van der Waals surface area contributed by atoms with Gasteiger partial charge in [-0.2, -0.15) is 15.2 Å². The third kappa shape index (κ3) is 5.37. The second kappa shape index (κ2) is 11.2. The maximum Gasteiger partial charge on any atom is 0.253 e. The maximum absolute atomic E-state index is 13.3. The van der Waals surface area contributed by atoms with Crippen molar-refractivity contribution in [2.45, 2.75) is 38.8 Å². The molecule has 5 rings (SSSR count). The number of anilines is 2. The molecule has 200 valence electrons. The van der Waals surface area contributed by atoms with Crippen LogP contribution in [0.5, 0.6) is 11.6 Å². The minimum atomic E-state index is -0.138. The second-order valence-corrected chi connectivity index (χ2v) is 9.77. The number of hydrogen-bond acceptors (Lipinski definition) is 9. The van der Waals surface area contributed by atoms with Crippen LogP contribution in [-0.2, 0) is 4.74 Å². The van der Waals surface area contributed by atoms with Crippen LogP contribution in [0.15, 0.2) is 24.4 Å². The number of rotatable bonds is 7. The van der Waals surface area contributed by atoms with Crippen molar-refractivity contribution in [2.75, 3.05) is 51.8 Å². The summed E-state index contributed by atoms with van der Waals surface area (Å²) in [6.07, 6.45) is 3.38. The van der Waals surface area contributed by atoms with Crippen LogP contribution in [0.1, 0.15) is 42.6 Å². The number of aromatic nitrogens is 3. The van der Waals surface area contributed by atoms with E-state index in [2.05, 4.69) is 31.2 Å². The monoisotopic (exact) mass is 519 g/mol. The number of carbonyl (C=O) groups is 1. The van der Waals surface area contributed by atoms with Crippen LogP contribution < -0.4 is 14.8 Å². The molecule has 0 unspecified atom stereocenters. The van der Waals surface area contributed by atoms with Gasteiger partial charge < -0.3 is 29.4 Å². The van der Waals surface area contributed by atoms with Gasteiger partial charge in [0.05, 0.1) is 43.1 Å². The number of aromatic amines is 1. The first kappa shape index (κ1) is 25.8. The van der Waals surface area contributed by atoms with Crippen LogP contribution in [0, 0.1) is 11.3 Å². The minimum Gasteiger partial charge on any atom is -0.495 e. The molecule has 0 bridgehead atoms. The minimum absolute atomic E-state index is 0.00372. The van der Waals surface area contributed by atoms with Crippen molar-refractivity contribution in [1.29, 1.82) is 5.26 Å². The summed E-state index contributed by atoms with van der Waals surface area (Å²) in [5.41, 5.74) is 2.08. The fourth-order valence-electron chi connectivity index (χ4n) is 5.06. The highest BCUT2D eigenvalue weighted by Gasteiger charge is 2.28. The van der Waals surface area contributed by atoms with Gasteiger partial charge in [-0.3, -0.25) is 9.69 Å². The molecule has 0 saturated carbocycles. The van der Waals surface area contributed by atoms with Crippen molar-refractivity contribution in [1.82, 2.24) is 24.8 Å². The number of hydrogen-bond donors (Lipinski definition) is 2. The molecule has 2 aromatic heterocycles. The first-order chi connectivity index (χ1) is 18.5. The topological polar surface area (TPSA) is 129 Å². The summed E-state index contributed by atoms with van der Waals surface area (Å²) in [5.74, 6) is 1.09. The third-order valence-electron chi connectivity index (χ3n) is 6.97. The number of likely N-dealkylation sites (tertiary alicyclic amines) is 1.